The fourth-order valence-corrected chi connectivity index (χ4v) is 0.522. The Labute approximate surface area is 65.3 Å². The summed E-state index contributed by atoms with van der Waals surface area (Å²) >= 11 is 5.28. The molecule has 0 amide bonds. The van der Waals surface area contributed by atoms with Crippen molar-refractivity contribution in [2.45, 2.75) is 6.92 Å². The molecule has 0 heterocycles. The van der Waals surface area contributed by atoms with E-state index in [1.807, 2.05) is 0 Å². The number of rotatable bonds is 5. The maximum atomic E-state index is 10.5. The first-order valence-electron chi connectivity index (χ1n) is 3.10. The van der Waals surface area contributed by atoms with Crippen molar-refractivity contribution >= 4 is 17.6 Å². The molecule has 0 saturated carbocycles. The monoisotopic (exact) mass is 166 g/mol. The van der Waals surface area contributed by atoms with E-state index < -0.39 is 0 Å². The van der Waals surface area contributed by atoms with Crippen LogP contribution in [-0.2, 0) is 14.3 Å². The molecule has 10 heavy (non-hydrogen) atoms. The molecule has 0 spiro atoms. The van der Waals surface area contributed by atoms with Crippen molar-refractivity contribution < 1.29 is 14.3 Å². The van der Waals surface area contributed by atoms with Gasteiger partial charge in [0, 0.05) is 5.88 Å². The highest BCUT2D eigenvalue weighted by Gasteiger charge is 1.98. The van der Waals surface area contributed by atoms with Crippen LogP contribution in [0.2, 0.25) is 0 Å². The number of hydrogen-bond acceptors (Lipinski definition) is 3. The fourth-order valence-electron chi connectivity index (χ4n) is 0.413. The zero-order valence-corrected chi connectivity index (χ0v) is 6.69. The maximum absolute atomic E-state index is 10.5. The van der Waals surface area contributed by atoms with Crippen molar-refractivity contribution in [1.82, 2.24) is 0 Å². The molecule has 60 valence electrons. The zero-order valence-electron chi connectivity index (χ0n) is 5.93. The van der Waals surface area contributed by atoms with Gasteiger partial charge >= 0.3 is 5.97 Å². The lowest BCUT2D eigenvalue weighted by Gasteiger charge is -2.00. The van der Waals surface area contributed by atoms with E-state index in [-0.39, 0.29) is 12.6 Å². The number of hydrogen-bond donors (Lipinski definition) is 0. The molecule has 0 aliphatic heterocycles. The van der Waals surface area contributed by atoms with Crippen LogP contribution in [-0.4, -0.2) is 31.7 Å². The van der Waals surface area contributed by atoms with Gasteiger partial charge in [0.1, 0.15) is 6.61 Å². The predicted octanol–water partition coefficient (Wildman–Crippen LogP) is 0.805. The van der Waals surface area contributed by atoms with Gasteiger partial charge in [-0.3, -0.25) is 0 Å². The summed E-state index contributed by atoms with van der Waals surface area (Å²) < 4.78 is 9.37. The van der Waals surface area contributed by atoms with Crippen LogP contribution < -0.4 is 0 Å². The van der Waals surface area contributed by atoms with Crippen LogP contribution in [0.25, 0.3) is 0 Å². The van der Waals surface area contributed by atoms with Crippen LogP contribution in [0.1, 0.15) is 6.92 Å². The SMILES string of the molecule is CCOC(=O)COCCCl. The van der Waals surface area contributed by atoms with E-state index in [1.54, 1.807) is 6.92 Å². The van der Waals surface area contributed by atoms with E-state index in [0.29, 0.717) is 19.1 Å². The molecule has 0 rings (SSSR count). The van der Waals surface area contributed by atoms with E-state index in [1.165, 1.54) is 0 Å². The van der Waals surface area contributed by atoms with Crippen LogP contribution in [0.15, 0.2) is 0 Å². The van der Waals surface area contributed by atoms with Crippen molar-refractivity contribution in [2.75, 3.05) is 25.7 Å². The van der Waals surface area contributed by atoms with Gasteiger partial charge in [0.25, 0.3) is 0 Å². The zero-order chi connectivity index (χ0) is 7.82. The average Bonchev–Trinajstić information content (AvgIpc) is 1.89. The van der Waals surface area contributed by atoms with E-state index in [4.69, 9.17) is 16.3 Å². The number of carbonyl (C=O) groups excluding carboxylic acids is 1. The summed E-state index contributed by atoms with van der Waals surface area (Å²) in [5.41, 5.74) is 0. The molecule has 0 aliphatic carbocycles. The molecular weight excluding hydrogens is 156 g/mol. The first-order valence-corrected chi connectivity index (χ1v) is 3.64. The Balaban J connectivity index is 3.05. The van der Waals surface area contributed by atoms with Gasteiger partial charge < -0.3 is 9.47 Å². The van der Waals surface area contributed by atoms with E-state index >= 15 is 0 Å². The number of esters is 1. The molecule has 0 radical (unpaired) electrons. The van der Waals surface area contributed by atoms with Crippen LogP contribution in [0, 0.1) is 0 Å². The fraction of sp³-hybridized carbons (Fsp3) is 0.833. The predicted molar refractivity (Wildman–Crippen MR) is 38.2 cm³/mol. The van der Waals surface area contributed by atoms with E-state index in [2.05, 4.69) is 4.74 Å². The molecule has 0 saturated heterocycles. The molecule has 0 aromatic heterocycles. The highest BCUT2D eigenvalue weighted by atomic mass is 35.5. The lowest BCUT2D eigenvalue weighted by Crippen LogP contribution is -2.13. The van der Waals surface area contributed by atoms with E-state index in [0.717, 1.165) is 0 Å². The Morgan fingerprint density at radius 2 is 2.30 bits per heavy atom. The van der Waals surface area contributed by atoms with Gasteiger partial charge in [-0.25, -0.2) is 4.79 Å². The normalized spacial score (nSPS) is 9.40. The van der Waals surface area contributed by atoms with Crippen LogP contribution in [0.3, 0.4) is 0 Å². The third-order valence-corrected chi connectivity index (χ3v) is 0.901. The molecule has 0 N–H and O–H groups in total. The minimum atomic E-state index is -0.340. The third kappa shape index (κ3) is 5.85. The minimum Gasteiger partial charge on any atom is -0.464 e. The second-order valence-corrected chi connectivity index (χ2v) is 1.92. The molecule has 0 bridgehead atoms. The summed E-state index contributed by atoms with van der Waals surface area (Å²) in [6.07, 6.45) is 0. The maximum Gasteiger partial charge on any atom is 0.332 e. The number of carbonyl (C=O) groups is 1. The van der Waals surface area contributed by atoms with Gasteiger partial charge in [0.15, 0.2) is 0 Å². The number of ether oxygens (including phenoxy) is 2. The summed E-state index contributed by atoms with van der Waals surface area (Å²) in [7, 11) is 0. The number of alkyl halides is 1. The van der Waals surface area contributed by atoms with Gasteiger partial charge in [-0.2, -0.15) is 0 Å². The summed E-state index contributed by atoms with van der Waals surface area (Å²) in [5, 5.41) is 0. The van der Waals surface area contributed by atoms with Gasteiger partial charge in [0.2, 0.25) is 0 Å². The third-order valence-electron chi connectivity index (χ3n) is 0.747. The minimum absolute atomic E-state index is 0.000556. The lowest BCUT2D eigenvalue weighted by molar-refractivity contribution is -0.148. The molecule has 0 aromatic carbocycles. The van der Waals surface area contributed by atoms with Crippen molar-refractivity contribution in [3.63, 3.8) is 0 Å². The van der Waals surface area contributed by atoms with Crippen LogP contribution >= 0.6 is 11.6 Å². The summed E-state index contributed by atoms with van der Waals surface area (Å²) in [6, 6.07) is 0. The summed E-state index contributed by atoms with van der Waals surface area (Å²) in [5.74, 6) is 0.0620. The standard InChI is InChI=1S/C6H11ClO3/c1-2-10-6(8)5-9-4-3-7/h2-5H2,1H3. The first-order chi connectivity index (χ1) is 4.81. The molecule has 0 atom stereocenters. The van der Waals surface area contributed by atoms with Crippen molar-refractivity contribution in [1.29, 1.82) is 0 Å². The lowest BCUT2D eigenvalue weighted by atomic mass is 10.7. The Morgan fingerprint density at radius 3 is 2.80 bits per heavy atom. The highest BCUT2D eigenvalue weighted by molar-refractivity contribution is 6.17. The molecular formula is C6H11ClO3. The van der Waals surface area contributed by atoms with E-state index in [9.17, 15) is 4.79 Å². The molecule has 0 fully saturated rings. The molecule has 0 aliphatic rings. The van der Waals surface area contributed by atoms with Gasteiger partial charge in [-0.15, -0.1) is 11.6 Å². The largest absolute Gasteiger partial charge is 0.464 e. The Hall–Kier alpha value is -0.280. The second kappa shape index (κ2) is 6.83. The van der Waals surface area contributed by atoms with Gasteiger partial charge in [0.05, 0.1) is 13.2 Å². The molecule has 3 nitrogen and oxygen atoms in total. The Bertz CT molecular complexity index is 95.0. The molecule has 0 aromatic rings. The van der Waals surface area contributed by atoms with Crippen molar-refractivity contribution in [3.8, 4) is 0 Å². The average molecular weight is 167 g/mol. The molecule has 4 heteroatoms. The van der Waals surface area contributed by atoms with Crippen molar-refractivity contribution in [2.24, 2.45) is 0 Å². The summed E-state index contributed by atoms with van der Waals surface area (Å²) in [4.78, 5) is 10.5. The smallest absolute Gasteiger partial charge is 0.332 e. The van der Waals surface area contributed by atoms with Crippen LogP contribution in [0.5, 0.6) is 0 Å². The van der Waals surface area contributed by atoms with Crippen LogP contribution in [0.4, 0.5) is 0 Å². The van der Waals surface area contributed by atoms with Gasteiger partial charge in [-0.1, -0.05) is 0 Å². The summed E-state index contributed by atoms with van der Waals surface area (Å²) in [6.45, 7) is 2.53. The number of halogens is 1. The van der Waals surface area contributed by atoms with Crippen molar-refractivity contribution in [3.05, 3.63) is 0 Å². The Kier molecular flexibility index (Phi) is 6.64. The quantitative estimate of drug-likeness (QED) is 0.345. The molecule has 0 unspecified atom stereocenters. The van der Waals surface area contributed by atoms with Gasteiger partial charge in [-0.05, 0) is 6.92 Å². The second-order valence-electron chi connectivity index (χ2n) is 1.55. The topological polar surface area (TPSA) is 35.5 Å². The first kappa shape index (κ1) is 9.72. The Morgan fingerprint density at radius 1 is 1.60 bits per heavy atom. The highest BCUT2D eigenvalue weighted by Crippen LogP contribution is 1.82.